The van der Waals surface area contributed by atoms with Crippen molar-refractivity contribution in [3.63, 3.8) is 0 Å². The highest BCUT2D eigenvalue weighted by Crippen LogP contribution is 1.99. The first kappa shape index (κ1) is 11.4. The van der Waals surface area contributed by atoms with E-state index in [4.69, 9.17) is 11.0 Å². The minimum Gasteiger partial charge on any atom is -0.329 e. The van der Waals surface area contributed by atoms with E-state index >= 15 is 0 Å². The Bertz CT molecular complexity index is 139. The summed E-state index contributed by atoms with van der Waals surface area (Å²) >= 11 is 0. The van der Waals surface area contributed by atoms with Crippen LogP contribution in [0.1, 0.15) is 26.2 Å². The van der Waals surface area contributed by atoms with Gasteiger partial charge >= 0.3 is 0 Å². The topological polar surface area (TPSA) is 53.0 Å². The highest BCUT2D eigenvalue weighted by atomic mass is 15.1. The first-order valence-electron chi connectivity index (χ1n) is 4.49. The molecule has 0 spiro atoms. The molecule has 0 rings (SSSR count). The molecule has 0 radical (unpaired) electrons. The molecule has 0 saturated carbocycles. The van der Waals surface area contributed by atoms with Gasteiger partial charge in [-0.25, -0.2) is 0 Å². The van der Waals surface area contributed by atoms with Crippen LogP contribution in [-0.2, 0) is 0 Å². The second-order valence-corrected chi connectivity index (χ2v) is 3.18. The molecule has 3 nitrogen and oxygen atoms in total. The minimum absolute atomic E-state index is 0.451. The van der Waals surface area contributed by atoms with Gasteiger partial charge in [-0.15, -0.1) is 0 Å². The number of nitriles is 1. The lowest BCUT2D eigenvalue weighted by Crippen LogP contribution is -2.35. The Hall–Kier alpha value is -0.590. The fraction of sp³-hybridized carbons (Fsp3) is 0.889. The van der Waals surface area contributed by atoms with E-state index in [1.54, 1.807) is 0 Å². The molecule has 2 N–H and O–H groups in total. The van der Waals surface area contributed by atoms with E-state index in [2.05, 4.69) is 24.9 Å². The molecule has 1 unspecified atom stereocenters. The maximum atomic E-state index is 8.30. The number of nitrogens with zero attached hydrogens (tertiary/aromatic N) is 2. The number of likely N-dealkylation sites (N-methyl/N-ethyl adjacent to an activating group) is 1. The molecule has 0 saturated heterocycles. The SMILES string of the molecule is CC(CN)N(C)CCCCC#N. The molecule has 0 fully saturated rings. The van der Waals surface area contributed by atoms with Crippen LogP contribution in [0.15, 0.2) is 0 Å². The molecule has 0 aliphatic heterocycles. The zero-order valence-corrected chi connectivity index (χ0v) is 8.08. The summed E-state index contributed by atoms with van der Waals surface area (Å²) in [6, 6.07) is 2.59. The summed E-state index contributed by atoms with van der Waals surface area (Å²) in [5.74, 6) is 0. The van der Waals surface area contributed by atoms with Gasteiger partial charge in [0.05, 0.1) is 6.07 Å². The molecule has 0 aromatic rings. The summed E-state index contributed by atoms with van der Waals surface area (Å²) in [5.41, 5.74) is 5.51. The zero-order valence-electron chi connectivity index (χ0n) is 8.08. The molecular weight excluding hydrogens is 150 g/mol. The van der Waals surface area contributed by atoms with Crippen molar-refractivity contribution in [1.29, 1.82) is 5.26 Å². The first-order valence-corrected chi connectivity index (χ1v) is 4.49. The monoisotopic (exact) mass is 169 g/mol. The summed E-state index contributed by atoms with van der Waals surface area (Å²) in [4.78, 5) is 2.23. The molecule has 0 aliphatic rings. The third kappa shape index (κ3) is 5.11. The van der Waals surface area contributed by atoms with Gasteiger partial charge < -0.3 is 10.6 Å². The van der Waals surface area contributed by atoms with Gasteiger partial charge in [0.25, 0.3) is 0 Å². The third-order valence-corrected chi connectivity index (χ3v) is 2.14. The first-order chi connectivity index (χ1) is 5.72. The quantitative estimate of drug-likeness (QED) is 0.602. The smallest absolute Gasteiger partial charge is 0.0621 e. The van der Waals surface area contributed by atoms with Crippen LogP contribution in [0.5, 0.6) is 0 Å². The molecule has 1 atom stereocenters. The van der Waals surface area contributed by atoms with Gasteiger partial charge in [0.1, 0.15) is 0 Å². The van der Waals surface area contributed by atoms with Crippen LogP contribution in [0, 0.1) is 11.3 Å². The van der Waals surface area contributed by atoms with Crippen LogP contribution in [-0.4, -0.2) is 31.1 Å². The Morgan fingerprint density at radius 1 is 1.50 bits per heavy atom. The van der Waals surface area contributed by atoms with Gasteiger partial charge in [0.2, 0.25) is 0 Å². The van der Waals surface area contributed by atoms with E-state index in [0.29, 0.717) is 19.0 Å². The molecule has 0 aromatic heterocycles. The largest absolute Gasteiger partial charge is 0.329 e. The number of rotatable bonds is 6. The van der Waals surface area contributed by atoms with Crippen LogP contribution in [0.2, 0.25) is 0 Å². The van der Waals surface area contributed by atoms with Crippen LogP contribution in [0.3, 0.4) is 0 Å². The van der Waals surface area contributed by atoms with Crippen LogP contribution in [0.25, 0.3) is 0 Å². The Labute approximate surface area is 75.2 Å². The van der Waals surface area contributed by atoms with Crippen LogP contribution >= 0.6 is 0 Å². The highest BCUT2D eigenvalue weighted by Gasteiger charge is 2.04. The van der Waals surface area contributed by atoms with Crippen LogP contribution < -0.4 is 5.73 Å². The van der Waals surface area contributed by atoms with Crippen molar-refractivity contribution in [2.45, 2.75) is 32.2 Å². The molecule has 0 bridgehead atoms. The molecule has 3 heteroatoms. The lowest BCUT2D eigenvalue weighted by molar-refractivity contribution is 0.258. The lowest BCUT2D eigenvalue weighted by Gasteiger charge is -2.22. The highest BCUT2D eigenvalue weighted by molar-refractivity contribution is 4.69. The van der Waals surface area contributed by atoms with Gasteiger partial charge in [-0.3, -0.25) is 0 Å². The minimum atomic E-state index is 0.451. The zero-order chi connectivity index (χ0) is 9.40. The number of hydrogen-bond donors (Lipinski definition) is 1. The average Bonchev–Trinajstić information content (AvgIpc) is 2.10. The maximum Gasteiger partial charge on any atom is 0.0621 e. The standard InChI is InChI=1S/C9H19N3/c1-9(8-11)12(2)7-5-3-4-6-10/h9H,3-5,7-8,11H2,1-2H3. The maximum absolute atomic E-state index is 8.30. The molecule has 12 heavy (non-hydrogen) atoms. The summed E-state index contributed by atoms with van der Waals surface area (Å²) in [6.07, 6.45) is 2.76. The van der Waals surface area contributed by atoms with Crippen molar-refractivity contribution < 1.29 is 0 Å². The van der Waals surface area contributed by atoms with Crippen molar-refractivity contribution >= 4 is 0 Å². The lowest BCUT2D eigenvalue weighted by atomic mass is 10.2. The van der Waals surface area contributed by atoms with Crippen molar-refractivity contribution in [3.05, 3.63) is 0 Å². The van der Waals surface area contributed by atoms with E-state index in [0.717, 1.165) is 19.4 Å². The van der Waals surface area contributed by atoms with Crippen molar-refractivity contribution in [2.24, 2.45) is 5.73 Å². The van der Waals surface area contributed by atoms with E-state index < -0.39 is 0 Å². The van der Waals surface area contributed by atoms with E-state index in [9.17, 15) is 0 Å². The van der Waals surface area contributed by atoms with E-state index in [1.165, 1.54) is 0 Å². The van der Waals surface area contributed by atoms with Crippen molar-refractivity contribution in [1.82, 2.24) is 4.90 Å². The summed E-state index contributed by atoms with van der Waals surface area (Å²) in [6.45, 7) is 3.86. The Balaban J connectivity index is 3.32. The molecule has 0 aliphatic carbocycles. The molecule has 0 aromatic carbocycles. The number of nitrogens with two attached hydrogens (primary N) is 1. The van der Waals surface area contributed by atoms with E-state index in [-0.39, 0.29) is 0 Å². The molecule has 70 valence electrons. The Morgan fingerprint density at radius 2 is 2.17 bits per heavy atom. The summed E-state index contributed by atoms with van der Waals surface area (Å²) in [5, 5.41) is 8.30. The normalized spacial score (nSPS) is 12.9. The Kier molecular flexibility index (Phi) is 6.73. The fourth-order valence-corrected chi connectivity index (χ4v) is 0.966. The fourth-order valence-electron chi connectivity index (χ4n) is 0.966. The Morgan fingerprint density at radius 3 is 2.67 bits per heavy atom. The van der Waals surface area contributed by atoms with Crippen molar-refractivity contribution in [3.8, 4) is 6.07 Å². The van der Waals surface area contributed by atoms with E-state index in [1.807, 2.05) is 0 Å². The molecule has 0 heterocycles. The third-order valence-electron chi connectivity index (χ3n) is 2.14. The van der Waals surface area contributed by atoms with Gasteiger partial charge in [-0.1, -0.05) is 0 Å². The molecular formula is C9H19N3. The van der Waals surface area contributed by atoms with Crippen molar-refractivity contribution in [2.75, 3.05) is 20.1 Å². The summed E-state index contributed by atoms with van der Waals surface area (Å²) in [7, 11) is 2.07. The van der Waals surface area contributed by atoms with Gasteiger partial charge in [0.15, 0.2) is 0 Å². The van der Waals surface area contributed by atoms with Crippen LogP contribution in [0.4, 0.5) is 0 Å². The molecule has 0 amide bonds. The number of unbranched alkanes of at least 4 members (excludes halogenated alkanes) is 2. The predicted molar refractivity (Wildman–Crippen MR) is 50.6 cm³/mol. The number of hydrogen-bond acceptors (Lipinski definition) is 3. The second-order valence-electron chi connectivity index (χ2n) is 3.18. The second kappa shape index (κ2) is 7.08. The summed E-state index contributed by atoms with van der Waals surface area (Å²) < 4.78 is 0. The van der Waals surface area contributed by atoms with Gasteiger partial charge in [-0.2, -0.15) is 5.26 Å². The predicted octanol–water partition coefficient (Wildman–Crippen LogP) is 0.959. The average molecular weight is 169 g/mol. The van der Waals surface area contributed by atoms with Gasteiger partial charge in [0, 0.05) is 19.0 Å². The van der Waals surface area contributed by atoms with Gasteiger partial charge in [-0.05, 0) is 33.4 Å².